The number of hydrogen-bond acceptors (Lipinski definition) is 6. The summed E-state index contributed by atoms with van der Waals surface area (Å²) in [6, 6.07) is 21.9. The first-order chi connectivity index (χ1) is 22.4. The van der Waals surface area contributed by atoms with E-state index in [2.05, 4.69) is 16.0 Å². The molecule has 10 heteroatoms. The van der Waals surface area contributed by atoms with Crippen LogP contribution in [0.1, 0.15) is 36.0 Å². The van der Waals surface area contributed by atoms with Crippen molar-refractivity contribution < 1.29 is 28.7 Å². The first-order valence-electron chi connectivity index (χ1n) is 16.1. The van der Waals surface area contributed by atoms with Gasteiger partial charge >= 0.3 is 0 Å². The Bertz CT molecular complexity index is 1550. The summed E-state index contributed by atoms with van der Waals surface area (Å²) in [5.41, 5.74) is 2.64. The fourth-order valence-corrected chi connectivity index (χ4v) is 6.09. The number of carbonyl (C=O) groups is 4. The van der Waals surface area contributed by atoms with Gasteiger partial charge in [0.2, 0.25) is 23.6 Å². The Balaban J connectivity index is 1.34. The van der Waals surface area contributed by atoms with Crippen molar-refractivity contribution >= 4 is 23.6 Å². The van der Waals surface area contributed by atoms with Crippen LogP contribution in [0, 0.1) is 5.92 Å². The number of aryl methyl sites for hydroxylation is 1. The first kappa shape index (κ1) is 31.3. The lowest BCUT2D eigenvalue weighted by atomic mass is 9.99. The van der Waals surface area contributed by atoms with Gasteiger partial charge < -0.3 is 30.3 Å². The Hall–Kier alpha value is -4.70. The highest BCUT2D eigenvalue weighted by molar-refractivity contribution is 5.95. The zero-order chi connectivity index (χ0) is 31.9. The van der Waals surface area contributed by atoms with Crippen LogP contribution in [-0.2, 0) is 43.2 Å². The van der Waals surface area contributed by atoms with Crippen LogP contribution in [0.15, 0.2) is 78.9 Å². The summed E-state index contributed by atoms with van der Waals surface area (Å²) in [6.07, 6.45) is 3.13. The third kappa shape index (κ3) is 7.92. The van der Waals surface area contributed by atoms with Crippen LogP contribution in [0.3, 0.4) is 0 Å². The van der Waals surface area contributed by atoms with Gasteiger partial charge in [-0.2, -0.15) is 0 Å². The summed E-state index contributed by atoms with van der Waals surface area (Å²) < 4.78 is 11.4. The lowest BCUT2D eigenvalue weighted by Crippen LogP contribution is -2.58. The Kier molecular flexibility index (Phi) is 9.93. The average Bonchev–Trinajstić information content (AvgIpc) is 3.57. The van der Waals surface area contributed by atoms with Crippen molar-refractivity contribution in [2.75, 3.05) is 26.3 Å². The minimum atomic E-state index is -0.950. The second kappa shape index (κ2) is 14.6. The van der Waals surface area contributed by atoms with E-state index in [0.29, 0.717) is 50.6 Å². The molecule has 0 saturated carbocycles. The molecule has 4 bridgehead atoms. The van der Waals surface area contributed by atoms with E-state index in [9.17, 15) is 19.2 Å². The van der Waals surface area contributed by atoms with E-state index in [-0.39, 0.29) is 30.6 Å². The number of amides is 4. The van der Waals surface area contributed by atoms with Crippen LogP contribution in [0.4, 0.5) is 0 Å². The van der Waals surface area contributed by atoms with E-state index in [1.807, 2.05) is 78.9 Å². The molecule has 2 fully saturated rings. The molecule has 0 aromatic heterocycles. The molecule has 3 aliphatic rings. The van der Waals surface area contributed by atoms with Crippen LogP contribution >= 0.6 is 0 Å². The largest absolute Gasteiger partial charge is 0.457 e. The summed E-state index contributed by atoms with van der Waals surface area (Å²) in [5.74, 6) is -0.496. The van der Waals surface area contributed by atoms with Crippen molar-refractivity contribution in [1.82, 2.24) is 20.9 Å². The van der Waals surface area contributed by atoms with E-state index in [1.165, 1.54) is 0 Å². The van der Waals surface area contributed by atoms with Crippen LogP contribution in [0.2, 0.25) is 0 Å². The lowest BCUT2D eigenvalue weighted by molar-refractivity contribution is -0.142. The Labute approximate surface area is 268 Å². The number of ether oxygens (including phenoxy) is 2. The minimum absolute atomic E-state index is 0.146. The smallest absolute Gasteiger partial charge is 0.245 e. The van der Waals surface area contributed by atoms with Gasteiger partial charge in [0, 0.05) is 25.9 Å². The van der Waals surface area contributed by atoms with Gasteiger partial charge in [-0.25, -0.2) is 0 Å². The van der Waals surface area contributed by atoms with Crippen molar-refractivity contribution in [3.05, 3.63) is 95.6 Å². The number of hydrogen-bond donors (Lipinski definition) is 3. The molecule has 0 spiro atoms. The summed E-state index contributed by atoms with van der Waals surface area (Å²) in [4.78, 5) is 56.5. The number of nitrogens with zero attached hydrogens (tertiary/aromatic N) is 1. The predicted molar refractivity (Wildman–Crippen MR) is 171 cm³/mol. The van der Waals surface area contributed by atoms with Crippen molar-refractivity contribution in [2.45, 2.75) is 56.7 Å². The number of rotatable bonds is 6. The zero-order valence-corrected chi connectivity index (χ0v) is 25.8. The normalized spacial score (nSPS) is 22.2. The van der Waals surface area contributed by atoms with Crippen molar-refractivity contribution in [1.29, 1.82) is 0 Å². The topological polar surface area (TPSA) is 126 Å². The Morgan fingerprint density at radius 3 is 2.13 bits per heavy atom. The second-order valence-corrected chi connectivity index (χ2v) is 12.3. The Morgan fingerprint density at radius 2 is 1.48 bits per heavy atom. The molecular formula is C36H40N4O6. The van der Waals surface area contributed by atoms with Gasteiger partial charge in [-0.05, 0) is 66.6 Å². The van der Waals surface area contributed by atoms with Gasteiger partial charge in [0.1, 0.15) is 29.6 Å². The number of carbonyl (C=O) groups excluding carboxylic acids is 4. The molecule has 0 unspecified atom stereocenters. The van der Waals surface area contributed by atoms with Gasteiger partial charge in [-0.1, -0.05) is 54.6 Å². The molecular weight excluding hydrogens is 584 g/mol. The average molecular weight is 625 g/mol. The van der Waals surface area contributed by atoms with Gasteiger partial charge in [-0.3, -0.25) is 19.2 Å². The molecule has 0 radical (unpaired) electrons. The molecule has 46 heavy (non-hydrogen) atoms. The van der Waals surface area contributed by atoms with E-state index in [4.69, 9.17) is 9.47 Å². The molecule has 6 rings (SSSR count). The molecule has 3 heterocycles. The van der Waals surface area contributed by atoms with E-state index in [0.717, 1.165) is 29.5 Å². The van der Waals surface area contributed by atoms with Crippen molar-refractivity contribution in [2.24, 2.45) is 5.92 Å². The molecule has 3 aromatic carbocycles. The zero-order valence-electron chi connectivity index (χ0n) is 25.8. The number of benzene rings is 3. The van der Waals surface area contributed by atoms with E-state index >= 15 is 0 Å². The lowest BCUT2D eigenvalue weighted by Gasteiger charge is -2.29. The van der Waals surface area contributed by atoms with E-state index < -0.39 is 29.9 Å². The summed E-state index contributed by atoms with van der Waals surface area (Å²) >= 11 is 0. The van der Waals surface area contributed by atoms with Crippen molar-refractivity contribution in [3.8, 4) is 11.5 Å². The standard InChI is InChI=1S/C36H40N4O6/c41-33(27-22-45-23-27)38-31-20-25-10-6-12-28(18-25)46-29-13-7-11-26(19-29)21-32(36(44)40-16-4-5-17-40)39-34(42)30(37-35(31)43)15-14-24-8-2-1-3-9-24/h1-3,6-13,18-19,27,30-32H,4-5,14-17,20-23H2,(H,37,43)(H,38,41)(H,39,42)/t30-,31-,32-/m0/s1. The number of likely N-dealkylation sites (tertiary alicyclic amines) is 1. The summed E-state index contributed by atoms with van der Waals surface area (Å²) in [6.45, 7) is 1.90. The molecule has 10 nitrogen and oxygen atoms in total. The van der Waals surface area contributed by atoms with Gasteiger partial charge in [0.15, 0.2) is 0 Å². The van der Waals surface area contributed by atoms with Gasteiger partial charge in [0.25, 0.3) is 0 Å². The molecule has 0 aliphatic carbocycles. The third-order valence-corrected chi connectivity index (χ3v) is 8.78. The van der Waals surface area contributed by atoms with Crippen LogP contribution < -0.4 is 20.7 Å². The summed E-state index contributed by atoms with van der Waals surface area (Å²) in [5, 5.41) is 8.83. The maximum atomic E-state index is 14.0. The number of nitrogens with one attached hydrogen (secondary N) is 3. The second-order valence-electron chi connectivity index (χ2n) is 12.3. The fraction of sp³-hybridized carbons (Fsp3) is 0.389. The van der Waals surface area contributed by atoms with Crippen LogP contribution in [0.5, 0.6) is 11.5 Å². The predicted octanol–water partition coefficient (Wildman–Crippen LogP) is 2.93. The highest BCUT2D eigenvalue weighted by atomic mass is 16.5. The Morgan fingerprint density at radius 1 is 0.804 bits per heavy atom. The van der Waals surface area contributed by atoms with Crippen molar-refractivity contribution in [3.63, 3.8) is 0 Å². The molecule has 2 saturated heterocycles. The van der Waals surface area contributed by atoms with Crippen LogP contribution in [-0.4, -0.2) is 73.0 Å². The highest BCUT2D eigenvalue weighted by Crippen LogP contribution is 2.25. The SMILES string of the molecule is O=C(N[C@H]1Cc2cccc(c2)Oc2cccc(c2)C[C@@H](C(=O)N2CCCC2)NC(=O)[C@H](CCc2ccccc2)NC1=O)C1COC1. The molecule has 3 aromatic rings. The quantitative estimate of drug-likeness (QED) is 0.387. The molecule has 3 N–H and O–H groups in total. The van der Waals surface area contributed by atoms with Crippen LogP contribution in [0.25, 0.3) is 0 Å². The maximum absolute atomic E-state index is 14.0. The third-order valence-electron chi connectivity index (χ3n) is 8.78. The monoisotopic (exact) mass is 624 g/mol. The van der Waals surface area contributed by atoms with E-state index in [1.54, 1.807) is 4.90 Å². The minimum Gasteiger partial charge on any atom is -0.457 e. The maximum Gasteiger partial charge on any atom is 0.245 e. The fourth-order valence-electron chi connectivity index (χ4n) is 6.09. The van der Waals surface area contributed by atoms with Gasteiger partial charge in [0.05, 0.1) is 19.1 Å². The van der Waals surface area contributed by atoms with Gasteiger partial charge in [-0.15, -0.1) is 0 Å². The molecule has 4 amide bonds. The highest BCUT2D eigenvalue weighted by Gasteiger charge is 2.34. The molecule has 240 valence electrons. The summed E-state index contributed by atoms with van der Waals surface area (Å²) in [7, 11) is 0. The molecule has 3 aliphatic heterocycles. The number of fused-ring (bicyclic) bond motifs is 4. The first-order valence-corrected chi connectivity index (χ1v) is 16.1. The molecule has 3 atom stereocenters.